The molecule has 124 valence electrons. The summed E-state index contributed by atoms with van der Waals surface area (Å²) in [7, 11) is -3.91. The van der Waals surface area contributed by atoms with Gasteiger partial charge in [-0.25, -0.2) is 9.51 Å². The molecule has 1 N–H and O–H groups in total. The third-order valence-electron chi connectivity index (χ3n) is 4.17. The van der Waals surface area contributed by atoms with Gasteiger partial charge in [0, 0.05) is 5.69 Å². The number of sulfonamides is 1. The minimum absolute atomic E-state index is 0.0535. The van der Waals surface area contributed by atoms with Gasteiger partial charge < -0.3 is 0 Å². The van der Waals surface area contributed by atoms with Crippen LogP contribution in [0.25, 0.3) is 0 Å². The van der Waals surface area contributed by atoms with E-state index in [2.05, 4.69) is 4.83 Å². The van der Waals surface area contributed by atoms with Gasteiger partial charge in [-0.15, -0.1) is 0 Å². The van der Waals surface area contributed by atoms with Gasteiger partial charge in [0.15, 0.2) is 0 Å². The lowest BCUT2D eigenvalue weighted by atomic mass is 9.95. The first-order chi connectivity index (χ1) is 11.4. The highest BCUT2D eigenvalue weighted by atomic mass is 32.2. The van der Waals surface area contributed by atoms with Crippen molar-refractivity contribution >= 4 is 10.0 Å². The Morgan fingerprint density at radius 2 is 1.83 bits per heavy atom. The molecule has 7 heteroatoms. The molecule has 0 saturated heterocycles. The molecule has 24 heavy (non-hydrogen) atoms. The van der Waals surface area contributed by atoms with Gasteiger partial charge in [-0.2, -0.15) is 13.7 Å². The molecule has 3 rings (SSSR count). The maximum atomic E-state index is 12.6. The summed E-state index contributed by atoms with van der Waals surface area (Å²) in [5.41, 5.74) is 1.75. The Labute approximate surface area is 140 Å². The number of hydrogen-bond acceptors (Lipinski definition) is 4. The molecule has 0 atom stereocenters. The van der Waals surface area contributed by atoms with Crippen molar-refractivity contribution in [2.45, 2.75) is 37.5 Å². The van der Waals surface area contributed by atoms with Crippen molar-refractivity contribution in [1.29, 1.82) is 5.26 Å². The fourth-order valence-electron chi connectivity index (χ4n) is 2.87. The Bertz CT molecular complexity index is 983. The first-order valence-electron chi connectivity index (χ1n) is 7.70. The van der Waals surface area contributed by atoms with E-state index >= 15 is 0 Å². The van der Waals surface area contributed by atoms with E-state index in [9.17, 15) is 13.2 Å². The number of aryl methyl sites for hydroxylation is 2. The van der Waals surface area contributed by atoms with Crippen LogP contribution < -0.4 is 10.4 Å². The molecule has 0 saturated carbocycles. The quantitative estimate of drug-likeness (QED) is 0.920. The Balaban J connectivity index is 2.11. The molecule has 1 aromatic carbocycles. The van der Waals surface area contributed by atoms with E-state index in [0.29, 0.717) is 12.1 Å². The Morgan fingerprint density at radius 3 is 2.50 bits per heavy atom. The van der Waals surface area contributed by atoms with Crippen LogP contribution in [0.1, 0.15) is 35.2 Å². The van der Waals surface area contributed by atoms with Crippen LogP contribution in [0.2, 0.25) is 0 Å². The number of nitriles is 1. The van der Waals surface area contributed by atoms with E-state index in [1.165, 1.54) is 12.1 Å². The minimum atomic E-state index is -3.91. The zero-order valence-corrected chi connectivity index (χ0v) is 14.1. The van der Waals surface area contributed by atoms with Crippen molar-refractivity contribution in [2.24, 2.45) is 0 Å². The fraction of sp³-hybridized carbons (Fsp3) is 0.294. The van der Waals surface area contributed by atoms with Gasteiger partial charge in [-0.3, -0.25) is 4.79 Å². The third-order valence-corrected chi connectivity index (χ3v) is 5.48. The predicted molar refractivity (Wildman–Crippen MR) is 89.8 cm³/mol. The van der Waals surface area contributed by atoms with Crippen LogP contribution in [0.4, 0.5) is 0 Å². The van der Waals surface area contributed by atoms with Gasteiger partial charge in [0.2, 0.25) is 0 Å². The Morgan fingerprint density at radius 1 is 1.17 bits per heavy atom. The third kappa shape index (κ3) is 2.93. The van der Waals surface area contributed by atoms with Crippen LogP contribution in [0, 0.1) is 18.3 Å². The van der Waals surface area contributed by atoms with Crippen molar-refractivity contribution in [2.75, 3.05) is 4.83 Å². The normalized spacial score (nSPS) is 13.8. The molecule has 1 heterocycles. The van der Waals surface area contributed by atoms with Gasteiger partial charge in [0.1, 0.15) is 11.6 Å². The van der Waals surface area contributed by atoms with Crippen LogP contribution in [0.3, 0.4) is 0 Å². The summed E-state index contributed by atoms with van der Waals surface area (Å²) in [5.74, 6) is 0. The predicted octanol–water partition coefficient (Wildman–Crippen LogP) is 1.84. The van der Waals surface area contributed by atoms with Crippen molar-refractivity contribution in [3.8, 4) is 6.07 Å². The second-order valence-electron chi connectivity index (χ2n) is 5.90. The highest BCUT2D eigenvalue weighted by Crippen LogP contribution is 2.21. The van der Waals surface area contributed by atoms with E-state index in [4.69, 9.17) is 5.26 Å². The summed E-state index contributed by atoms with van der Waals surface area (Å²) in [5, 5.41) is 9.15. The summed E-state index contributed by atoms with van der Waals surface area (Å²) in [6.45, 7) is 1.86. The fourth-order valence-corrected chi connectivity index (χ4v) is 3.90. The number of rotatable bonds is 3. The second-order valence-corrected chi connectivity index (χ2v) is 7.56. The van der Waals surface area contributed by atoms with Crippen molar-refractivity contribution in [3.05, 3.63) is 63.1 Å². The lowest BCUT2D eigenvalue weighted by molar-refractivity contribution is 0.586. The van der Waals surface area contributed by atoms with Gasteiger partial charge in [0.05, 0.1) is 4.90 Å². The molecule has 1 aromatic heterocycles. The maximum absolute atomic E-state index is 12.6. The molecule has 6 nitrogen and oxygen atoms in total. The molecule has 0 aliphatic heterocycles. The second kappa shape index (κ2) is 6.13. The minimum Gasteiger partial charge on any atom is -0.266 e. The van der Waals surface area contributed by atoms with Crippen LogP contribution in [-0.4, -0.2) is 13.1 Å². The van der Waals surface area contributed by atoms with Crippen LogP contribution in [-0.2, 0) is 22.9 Å². The summed E-state index contributed by atoms with van der Waals surface area (Å²) in [6.07, 6.45) is 3.18. The van der Waals surface area contributed by atoms with E-state index in [1.807, 2.05) is 13.0 Å². The zero-order chi connectivity index (χ0) is 17.3. The summed E-state index contributed by atoms with van der Waals surface area (Å²) < 4.78 is 26.2. The first kappa shape index (κ1) is 16.3. The lowest BCUT2D eigenvalue weighted by Crippen LogP contribution is -2.38. The summed E-state index contributed by atoms with van der Waals surface area (Å²) in [6, 6.07) is 9.79. The zero-order valence-electron chi connectivity index (χ0n) is 13.2. The van der Waals surface area contributed by atoms with E-state index < -0.39 is 15.6 Å². The van der Waals surface area contributed by atoms with Crippen LogP contribution in [0.15, 0.2) is 40.0 Å². The Kier molecular flexibility index (Phi) is 4.16. The van der Waals surface area contributed by atoms with Crippen molar-refractivity contribution in [1.82, 2.24) is 4.68 Å². The number of benzene rings is 1. The SMILES string of the molecule is Cc1ccc(S(=O)(=O)Nn2c3c(cc(C#N)c2=O)CCCC3)cc1. The molecular formula is C17H17N3O3S. The van der Waals surface area contributed by atoms with E-state index in [-0.39, 0.29) is 10.5 Å². The molecule has 0 fully saturated rings. The highest BCUT2D eigenvalue weighted by Gasteiger charge is 2.22. The average molecular weight is 343 g/mol. The lowest BCUT2D eigenvalue weighted by Gasteiger charge is -2.22. The standard InChI is InChI=1S/C17H17N3O3S/c1-12-6-8-15(9-7-12)24(22,23)19-20-16-5-3-2-4-13(16)10-14(11-18)17(20)21/h6-10,19H,2-5H2,1H3. The number of fused-ring (bicyclic) bond motifs is 1. The average Bonchev–Trinajstić information content (AvgIpc) is 2.57. The first-order valence-corrected chi connectivity index (χ1v) is 9.18. The molecule has 0 radical (unpaired) electrons. The molecule has 0 bridgehead atoms. The van der Waals surface area contributed by atoms with Crippen molar-refractivity contribution in [3.63, 3.8) is 0 Å². The summed E-state index contributed by atoms with van der Waals surface area (Å²) >= 11 is 0. The maximum Gasteiger partial charge on any atom is 0.287 e. The van der Waals surface area contributed by atoms with Gasteiger partial charge in [-0.05, 0) is 56.4 Å². The molecule has 2 aromatic rings. The van der Waals surface area contributed by atoms with E-state index in [1.54, 1.807) is 18.2 Å². The number of nitrogens with one attached hydrogen (secondary N) is 1. The molecule has 1 aliphatic carbocycles. The van der Waals surface area contributed by atoms with Crippen molar-refractivity contribution < 1.29 is 8.42 Å². The topological polar surface area (TPSA) is 92.0 Å². The van der Waals surface area contributed by atoms with E-state index in [0.717, 1.165) is 35.1 Å². The Hall–Kier alpha value is -2.59. The molecular weight excluding hydrogens is 326 g/mol. The molecule has 0 amide bonds. The number of nitrogens with zero attached hydrogens (tertiary/aromatic N) is 2. The van der Waals surface area contributed by atoms with Gasteiger partial charge in [0.25, 0.3) is 15.6 Å². The number of aromatic nitrogens is 1. The number of pyridine rings is 1. The molecule has 1 aliphatic rings. The van der Waals surface area contributed by atoms with Crippen LogP contribution in [0.5, 0.6) is 0 Å². The highest BCUT2D eigenvalue weighted by molar-refractivity contribution is 7.92. The van der Waals surface area contributed by atoms with Gasteiger partial charge in [-0.1, -0.05) is 17.7 Å². The smallest absolute Gasteiger partial charge is 0.266 e. The van der Waals surface area contributed by atoms with Gasteiger partial charge >= 0.3 is 0 Å². The van der Waals surface area contributed by atoms with Crippen LogP contribution >= 0.6 is 0 Å². The monoisotopic (exact) mass is 343 g/mol. The molecule has 0 unspecified atom stereocenters. The largest absolute Gasteiger partial charge is 0.287 e. The molecule has 0 spiro atoms. The number of hydrogen-bond donors (Lipinski definition) is 1. The summed E-state index contributed by atoms with van der Waals surface area (Å²) in [4.78, 5) is 14.9.